The molecule has 6 nitrogen and oxygen atoms in total. The van der Waals surface area contributed by atoms with Crippen LogP contribution in [0.5, 0.6) is 0 Å². The second-order valence-electron chi connectivity index (χ2n) is 7.35. The molecule has 29 heavy (non-hydrogen) atoms. The number of hydrogen-bond donors (Lipinski definition) is 1. The topological polar surface area (TPSA) is 72.7 Å². The number of fused-ring (bicyclic) bond motifs is 1. The number of nitrogens with zero attached hydrogens (tertiary/aromatic N) is 4. The van der Waals surface area contributed by atoms with E-state index < -0.39 is 0 Å². The van der Waals surface area contributed by atoms with Crippen LogP contribution in [0, 0.1) is 5.82 Å². The van der Waals surface area contributed by atoms with Crippen molar-refractivity contribution in [2.75, 3.05) is 5.75 Å². The number of carbonyl (C=O) groups excluding carboxylic acids is 1. The van der Waals surface area contributed by atoms with Crippen molar-refractivity contribution in [1.82, 2.24) is 25.1 Å². The van der Waals surface area contributed by atoms with Crippen molar-refractivity contribution in [2.45, 2.75) is 56.0 Å². The zero-order valence-electron chi connectivity index (χ0n) is 16.2. The van der Waals surface area contributed by atoms with Crippen molar-refractivity contribution >= 4 is 28.7 Å². The second-order valence-corrected chi connectivity index (χ2v) is 8.31. The predicted octanol–water partition coefficient (Wildman–Crippen LogP) is 4.28. The second kappa shape index (κ2) is 9.35. The third kappa shape index (κ3) is 4.93. The molecule has 1 aliphatic rings. The molecule has 0 spiro atoms. The maximum absolute atomic E-state index is 13.2. The quantitative estimate of drug-likeness (QED) is 0.499. The smallest absolute Gasteiger partial charge is 0.230 e. The number of carbonyl (C=O) groups is 1. The summed E-state index contributed by atoms with van der Waals surface area (Å²) in [7, 11) is 0. The van der Waals surface area contributed by atoms with Gasteiger partial charge in [0.2, 0.25) is 5.91 Å². The SMILES string of the molecule is O=C(CSc1ncnc2c1cnn2-c1ccc(F)cc1)NC1CCCCCCC1. The van der Waals surface area contributed by atoms with Crippen molar-refractivity contribution in [3.05, 3.63) is 42.6 Å². The normalized spacial score (nSPS) is 15.8. The summed E-state index contributed by atoms with van der Waals surface area (Å²) in [6.45, 7) is 0. The van der Waals surface area contributed by atoms with Crippen molar-refractivity contribution in [2.24, 2.45) is 0 Å². The van der Waals surface area contributed by atoms with Crippen LogP contribution in [0.2, 0.25) is 0 Å². The Morgan fingerprint density at radius 3 is 2.59 bits per heavy atom. The third-order valence-electron chi connectivity index (χ3n) is 5.21. The van der Waals surface area contributed by atoms with E-state index in [9.17, 15) is 9.18 Å². The fourth-order valence-electron chi connectivity index (χ4n) is 3.71. The lowest BCUT2D eigenvalue weighted by Crippen LogP contribution is -2.36. The van der Waals surface area contributed by atoms with Gasteiger partial charge < -0.3 is 5.32 Å². The minimum Gasteiger partial charge on any atom is -0.353 e. The molecule has 2 heterocycles. The average molecular weight is 414 g/mol. The van der Waals surface area contributed by atoms with Gasteiger partial charge in [-0.3, -0.25) is 4.79 Å². The molecule has 1 N–H and O–H groups in total. The molecule has 1 aliphatic carbocycles. The number of rotatable bonds is 5. The monoisotopic (exact) mass is 413 g/mol. The highest BCUT2D eigenvalue weighted by Gasteiger charge is 2.16. The Hall–Kier alpha value is -2.48. The fourth-order valence-corrected chi connectivity index (χ4v) is 4.48. The highest BCUT2D eigenvalue weighted by atomic mass is 32.2. The molecule has 1 amide bonds. The molecule has 1 fully saturated rings. The summed E-state index contributed by atoms with van der Waals surface area (Å²) in [6, 6.07) is 6.37. The zero-order chi connectivity index (χ0) is 20.1. The van der Waals surface area contributed by atoms with E-state index >= 15 is 0 Å². The van der Waals surface area contributed by atoms with E-state index in [1.54, 1.807) is 23.0 Å². The van der Waals surface area contributed by atoms with Crippen LogP contribution >= 0.6 is 11.8 Å². The largest absolute Gasteiger partial charge is 0.353 e. The van der Waals surface area contributed by atoms with Gasteiger partial charge in [0.15, 0.2) is 5.65 Å². The van der Waals surface area contributed by atoms with Crippen LogP contribution in [0.1, 0.15) is 44.9 Å². The number of halogens is 1. The van der Waals surface area contributed by atoms with Crippen LogP contribution in [0.4, 0.5) is 4.39 Å². The van der Waals surface area contributed by atoms with Crippen molar-refractivity contribution in [3.63, 3.8) is 0 Å². The first kappa shape index (κ1) is 19.8. The molecule has 2 aromatic heterocycles. The Balaban J connectivity index is 1.43. The third-order valence-corrected chi connectivity index (χ3v) is 6.22. The summed E-state index contributed by atoms with van der Waals surface area (Å²) in [6.07, 6.45) is 11.5. The van der Waals surface area contributed by atoms with E-state index in [1.165, 1.54) is 62.3 Å². The van der Waals surface area contributed by atoms with E-state index in [0.29, 0.717) is 11.4 Å². The molecule has 1 saturated carbocycles. The molecule has 3 aromatic rings. The summed E-state index contributed by atoms with van der Waals surface area (Å²) in [5.41, 5.74) is 1.35. The number of benzene rings is 1. The highest BCUT2D eigenvalue weighted by Crippen LogP contribution is 2.26. The van der Waals surface area contributed by atoms with Crippen molar-refractivity contribution in [1.29, 1.82) is 0 Å². The lowest BCUT2D eigenvalue weighted by molar-refractivity contribution is -0.119. The average Bonchev–Trinajstić information content (AvgIpc) is 3.14. The Morgan fingerprint density at radius 1 is 1.10 bits per heavy atom. The number of nitrogens with one attached hydrogen (secondary N) is 1. The molecule has 0 aliphatic heterocycles. The highest BCUT2D eigenvalue weighted by molar-refractivity contribution is 8.00. The first-order valence-corrected chi connectivity index (χ1v) is 11.1. The van der Waals surface area contributed by atoms with Gasteiger partial charge in [0.1, 0.15) is 17.2 Å². The Labute approximate surface area is 173 Å². The van der Waals surface area contributed by atoms with Crippen LogP contribution in [0.25, 0.3) is 16.7 Å². The van der Waals surface area contributed by atoms with Crippen molar-refractivity contribution in [3.8, 4) is 5.69 Å². The van der Waals surface area contributed by atoms with Gasteiger partial charge in [0.25, 0.3) is 0 Å². The van der Waals surface area contributed by atoms with Gasteiger partial charge in [-0.2, -0.15) is 5.10 Å². The molecular formula is C21H24FN5OS. The van der Waals surface area contributed by atoms with E-state index in [-0.39, 0.29) is 17.8 Å². The minimum atomic E-state index is -0.300. The molecule has 0 radical (unpaired) electrons. The number of aromatic nitrogens is 4. The minimum absolute atomic E-state index is 0.0401. The number of hydrogen-bond acceptors (Lipinski definition) is 5. The molecule has 8 heteroatoms. The predicted molar refractivity (Wildman–Crippen MR) is 112 cm³/mol. The van der Waals surface area contributed by atoms with Crippen molar-refractivity contribution < 1.29 is 9.18 Å². The summed E-state index contributed by atoms with van der Waals surface area (Å²) < 4.78 is 14.8. The molecule has 0 bridgehead atoms. The van der Waals surface area contributed by atoms with Crippen LogP contribution < -0.4 is 5.32 Å². The lowest BCUT2D eigenvalue weighted by Gasteiger charge is -2.20. The van der Waals surface area contributed by atoms with Gasteiger partial charge in [-0.05, 0) is 37.1 Å². The first-order chi connectivity index (χ1) is 14.2. The van der Waals surface area contributed by atoms with Gasteiger partial charge in [-0.1, -0.05) is 43.9 Å². The molecule has 0 saturated heterocycles. The molecule has 1 aromatic carbocycles. The standard InChI is InChI=1S/C21H24FN5OS/c22-15-8-10-17(11-9-15)27-20-18(12-25-27)21(24-14-23-20)29-13-19(28)26-16-6-4-2-1-3-5-7-16/h8-12,14,16H,1-7,13H2,(H,26,28). The van der Waals surface area contributed by atoms with Crippen LogP contribution in [0.15, 0.2) is 41.8 Å². The van der Waals surface area contributed by atoms with E-state index in [0.717, 1.165) is 28.9 Å². The van der Waals surface area contributed by atoms with Crippen LogP contribution in [0.3, 0.4) is 0 Å². The molecule has 4 rings (SSSR count). The van der Waals surface area contributed by atoms with Gasteiger partial charge in [0, 0.05) is 6.04 Å². The van der Waals surface area contributed by atoms with E-state index in [4.69, 9.17) is 0 Å². The molecule has 0 unspecified atom stereocenters. The molecular weight excluding hydrogens is 389 g/mol. The summed E-state index contributed by atoms with van der Waals surface area (Å²) in [5.74, 6) is 0.0503. The number of thioether (sulfide) groups is 1. The summed E-state index contributed by atoms with van der Waals surface area (Å²) in [4.78, 5) is 21.1. The van der Waals surface area contributed by atoms with Crippen LogP contribution in [-0.4, -0.2) is 37.5 Å². The lowest BCUT2D eigenvalue weighted by atomic mass is 9.97. The van der Waals surface area contributed by atoms with Crippen LogP contribution in [-0.2, 0) is 4.79 Å². The fraction of sp³-hybridized carbons (Fsp3) is 0.429. The maximum Gasteiger partial charge on any atom is 0.230 e. The van der Waals surface area contributed by atoms with E-state index in [1.807, 2.05) is 0 Å². The molecule has 152 valence electrons. The molecule has 0 atom stereocenters. The number of amides is 1. The zero-order valence-corrected chi connectivity index (χ0v) is 17.0. The Morgan fingerprint density at radius 2 is 1.83 bits per heavy atom. The van der Waals surface area contributed by atoms with Gasteiger partial charge in [-0.15, -0.1) is 0 Å². The summed E-state index contributed by atoms with van der Waals surface area (Å²) >= 11 is 1.39. The Kier molecular flexibility index (Phi) is 6.39. The maximum atomic E-state index is 13.2. The Bertz CT molecular complexity index is 967. The van der Waals surface area contributed by atoms with Gasteiger partial charge in [-0.25, -0.2) is 19.0 Å². The van der Waals surface area contributed by atoms with E-state index in [2.05, 4.69) is 20.4 Å². The first-order valence-electron chi connectivity index (χ1n) is 10.1. The van der Waals surface area contributed by atoms with Gasteiger partial charge in [0.05, 0.1) is 23.0 Å². The van der Waals surface area contributed by atoms with Gasteiger partial charge >= 0.3 is 0 Å². The summed E-state index contributed by atoms with van der Waals surface area (Å²) in [5, 5.41) is 9.05.